The predicted octanol–water partition coefficient (Wildman–Crippen LogP) is 6.07. The number of aromatic nitrogens is 2. The Bertz CT molecular complexity index is 1590. The number of benzene rings is 3. The third-order valence-electron chi connectivity index (χ3n) is 6.75. The highest BCUT2D eigenvalue weighted by atomic mass is 32.1. The van der Waals surface area contributed by atoms with Crippen molar-refractivity contribution >= 4 is 34.6 Å². The van der Waals surface area contributed by atoms with Gasteiger partial charge in [-0.2, -0.15) is 0 Å². The van der Waals surface area contributed by atoms with E-state index < -0.39 is 0 Å². The van der Waals surface area contributed by atoms with Gasteiger partial charge < -0.3 is 24.8 Å². The second-order valence-electron chi connectivity index (χ2n) is 9.38. The summed E-state index contributed by atoms with van der Waals surface area (Å²) in [5, 5.41) is 7.00. The number of pyridine rings is 1. The monoisotopic (exact) mass is 545 g/mol. The van der Waals surface area contributed by atoms with E-state index in [0.717, 1.165) is 22.6 Å². The largest absolute Gasteiger partial charge is 0.484 e. The van der Waals surface area contributed by atoms with Gasteiger partial charge in [-0.1, -0.05) is 42.5 Å². The molecule has 0 bridgehead atoms. The van der Waals surface area contributed by atoms with E-state index >= 15 is 0 Å². The highest BCUT2D eigenvalue weighted by Gasteiger charge is 2.41. The van der Waals surface area contributed by atoms with E-state index in [1.165, 1.54) is 0 Å². The first-order valence-electron chi connectivity index (χ1n) is 13.0. The average Bonchev–Trinajstić information content (AvgIpc) is 3.63. The number of hydrogen-bond donors (Lipinski definition) is 2. The Morgan fingerprint density at radius 1 is 0.875 bits per heavy atom. The van der Waals surface area contributed by atoms with Crippen molar-refractivity contribution in [2.24, 2.45) is 0 Å². The number of thiocarbonyl (C=S) groups is 1. The zero-order valence-corrected chi connectivity index (χ0v) is 22.4. The van der Waals surface area contributed by atoms with Crippen LogP contribution in [0.1, 0.15) is 23.3 Å². The summed E-state index contributed by atoms with van der Waals surface area (Å²) in [6.45, 7) is -0.0713. The first kappa shape index (κ1) is 25.3. The molecule has 0 unspecified atom stereocenters. The van der Waals surface area contributed by atoms with Crippen LogP contribution < -0.4 is 20.3 Å². The van der Waals surface area contributed by atoms with Gasteiger partial charge in [0, 0.05) is 35.7 Å². The fourth-order valence-corrected chi connectivity index (χ4v) is 5.23. The quantitative estimate of drug-likeness (QED) is 0.231. The summed E-state index contributed by atoms with van der Waals surface area (Å²) >= 11 is 5.85. The van der Waals surface area contributed by atoms with Gasteiger partial charge in [0.15, 0.2) is 11.7 Å². The van der Waals surface area contributed by atoms with Crippen LogP contribution in [0.25, 0.3) is 5.69 Å². The molecular formula is C32H27N5O2S. The van der Waals surface area contributed by atoms with Crippen molar-refractivity contribution in [3.63, 3.8) is 0 Å². The first-order valence-corrected chi connectivity index (χ1v) is 13.4. The Morgan fingerprint density at radius 3 is 2.33 bits per heavy atom. The molecule has 1 aliphatic rings. The molecule has 0 spiro atoms. The molecule has 2 atom stereocenters. The molecule has 2 N–H and O–H groups in total. The van der Waals surface area contributed by atoms with E-state index in [4.69, 9.17) is 17.0 Å². The Labute approximate surface area is 238 Å². The van der Waals surface area contributed by atoms with Crippen LogP contribution in [0.5, 0.6) is 5.75 Å². The smallest absolute Gasteiger partial charge is 0.262 e. The number of anilines is 2. The average molecular weight is 546 g/mol. The molecule has 3 heterocycles. The number of amides is 1. The lowest BCUT2D eigenvalue weighted by Crippen LogP contribution is -2.29. The molecule has 0 radical (unpaired) electrons. The third-order valence-corrected chi connectivity index (χ3v) is 7.07. The molecule has 198 valence electrons. The van der Waals surface area contributed by atoms with Crippen molar-refractivity contribution in [2.75, 3.05) is 16.8 Å². The number of carbonyl (C=O) groups is 1. The van der Waals surface area contributed by atoms with Crippen LogP contribution in [0.2, 0.25) is 0 Å². The van der Waals surface area contributed by atoms with E-state index in [0.29, 0.717) is 16.5 Å². The van der Waals surface area contributed by atoms with E-state index in [1.54, 1.807) is 6.20 Å². The Kier molecular flexibility index (Phi) is 7.24. The minimum atomic E-state index is -0.231. The van der Waals surface area contributed by atoms with E-state index in [-0.39, 0.29) is 24.6 Å². The molecule has 1 saturated heterocycles. The Hall–Kier alpha value is -4.95. The van der Waals surface area contributed by atoms with Gasteiger partial charge in [-0.3, -0.25) is 9.78 Å². The Balaban J connectivity index is 1.24. The summed E-state index contributed by atoms with van der Waals surface area (Å²) in [5.41, 5.74) is 4.68. The van der Waals surface area contributed by atoms with Gasteiger partial charge >= 0.3 is 0 Å². The normalized spacial score (nSPS) is 16.4. The summed E-state index contributed by atoms with van der Waals surface area (Å²) in [7, 11) is 0. The fourth-order valence-electron chi connectivity index (χ4n) is 4.89. The lowest BCUT2D eigenvalue weighted by Gasteiger charge is -2.27. The molecular weight excluding hydrogens is 518 g/mol. The van der Waals surface area contributed by atoms with Crippen molar-refractivity contribution in [1.29, 1.82) is 0 Å². The van der Waals surface area contributed by atoms with Crippen molar-refractivity contribution in [2.45, 2.75) is 12.1 Å². The lowest BCUT2D eigenvalue weighted by atomic mass is 9.98. The number of hydrogen-bond acceptors (Lipinski definition) is 4. The van der Waals surface area contributed by atoms with Gasteiger partial charge in [0.05, 0.1) is 17.8 Å². The molecule has 0 aliphatic carbocycles. The van der Waals surface area contributed by atoms with E-state index in [9.17, 15) is 4.79 Å². The molecule has 40 heavy (non-hydrogen) atoms. The molecule has 1 aliphatic heterocycles. The van der Waals surface area contributed by atoms with Crippen LogP contribution in [-0.4, -0.2) is 27.2 Å². The summed E-state index contributed by atoms with van der Waals surface area (Å²) in [6, 6.07) is 34.9. The lowest BCUT2D eigenvalue weighted by molar-refractivity contribution is -0.118. The zero-order valence-electron chi connectivity index (χ0n) is 21.6. The number of ether oxygens (including phenoxy) is 1. The summed E-state index contributed by atoms with van der Waals surface area (Å²) in [4.78, 5) is 19.2. The van der Waals surface area contributed by atoms with Crippen LogP contribution in [0.3, 0.4) is 0 Å². The standard InChI is InChI=1S/C32H27N5O2S/c38-29(22-39-27-11-5-2-6-12-27)34-24-14-16-26(17-15-24)37-31(30(35-32(37)40)28-13-7-8-19-33-28)23-18-20-36(21-23)25-9-3-1-4-10-25/h1-21,30-31H,22H2,(H,34,38)(H,35,40)/t30-,31+/m1/s1. The van der Waals surface area contributed by atoms with Gasteiger partial charge in [-0.05, 0) is 84.5 Å². The van der Waals surface area contributed by atoms with Crippen molar-refractivity contribution in [3.05, 3.63) is 139 Å². The fraction of sp³-hybridized carbons (Fsp3) is 0.0938. The first-order chi connectivity index (χ1) is 19.7. The molecule has 1 fully saturated rings. The van der Waals surface area contributed by atoms with Crippen LogP contribution in [0, 0.1) is 0 Å². The third kappa shape index (κ3) is 5.43. The molecule has 3 aromatic carbocycles. The van der Waals surface area contributed by atoms with Crippen LogP contribution in [0.15, 0.2) is 128 Å². The zero-order chi connectivity index (χ0) is 27.3. The predicted molar refractivity (Wildman–Crippen MR) is 161 cm³/mol. The van der Waals surface area contributed by atoms with Crippen molar-refractivity contribution < 1.29 is 9.53 Å². The molecule has 1 amide bonds. The van der Waals surface area contributed by atoms with Gasteiger partial charge in [0.2, 0.25) is 0 Å². The maximum absolute atomic E-state index is 12.4. The second kappa shape index (κ2) is 11.4. The van der Waals surface area contributed by atoms with Gasteiger partial charge in [-0.15, -0.1) is 0 Å². The molecule has 2 aromatic heterocycles. The molecule has 6 rings (SSSR count). The number of nitrogens with zero attached hydrogens (tertiary/aromatic N) is 3. The van der Waals surface area contributed by atoms with Crippen molar-refractivity contribution in [1.82, 2.24) is 14.9 Å². The minimum Gasteiger partial charge on any atom is -0.484 e. The highest BCUT2D eigenvalue weighted by molar-refractivity contribution is 7.80. The summed E-state index contributed by atoms with van der Waals surface area (Å²) in [5.74, 6) is 0.419. The molecule has 5 aromatic rings. The topological polar surface area (TPSA) is 71.4 Å². The highest BCUT2D eigenvalue weighted by Crippen LogP contribution is 2.42. The van der Waals surface area contributed by atoms with Crippen LogP contribution in [-0.2, 0) is 4.79 Å². The maximum Gasteiger partial charge on any atom is 0.262 e. The van der Waals surface area contributed by atoms with Crippen LogP contribution in [0.4, 0.5) is 11.4 Å². The Morgan fingerprint density at radius 2 is 1.60 bits per heavy atom. The number of rotatable bonds is 8. The second-order valence-corrected chi connectivity index (χ2v) is 9.77. The van der Waals surface area contributed by atoms with Crippen molar-refractivity contribution in [3.8, 4) is 11.4 Å². The van der Waals surface area contributed by atoms with Gasteiger partial charge in [-0.25, -0.2) is 0 Å². The van der Waals surface area contributed by atoms with Crippen LogP contribution >= 0.6 is 12.2 Å². The van der Waals surface area contributed by atoms with Gasteiger partial charge in [0.1, 0.15) is 5.75 Å². The van der Waals surface area contributed by atoms with E-state index in [2.05, 4.69) is 55.7 Å². The minimum absolute atomic E-state index is 0.0713. The van der Waals surface area contributed by atoms with Gasteiger partial charge in [0.25, 0.3) is 5.91 Å². The molecule has 7 nitrogen and oxygen atoms in total. The van der Waals surface area contributed by atoms with E-state index in [1.807, 2.05) is 91.0 Å². The number of para-hydroxylation sites is 2. The number of nitrogens with one attached hydrogen (secondary N) is 2. The SMILES string of the molecule is O=C(COc1ccccc1)Nc1ccc(N2C(=S)N[C@H](c3ccccn3)[C@@H]2c2ccn(-c3ccccc3)c2)cc1. The summed E-state index contributed by atoms with van der Waals surface area (Å²) in [6.07, 6.45) is 6.00. The maximum atomic E-state index is 12.4. The molecule has 0 saturated carbocycles. The molecule has 8 heteroatoms. The summed E-state index contributed by atoms with van der Waals surface area (Å²) < 4.78 is 7.67. The number of carbonyl (C=O) groups excluding carboxylic acids is 1.